The van der Waals surface area contributed by atoms with Gasteiger partial charge in [-0.15, -0.1) is 0 Å². The van der Waals surface area contributed by atoms with Crippen LogP contribution in [0.3, 0.4) is 0 Å². The molecule has 0 spiro atoms. The maximum atomic E-state index is 4.33. The SMILES string of the molecule is CCC(C)c1nc[c]([Sn])s1. The standard InChI is InChI=1S/C7H10NS.Sn/c1-3-6(2)7-8-4-5-9-7;/h4,6H,3H2,1-2H3;. The van der Waals surface area contributed by atoms with Gasteiger partial charge in [-0.3, -0.25) is 0 Å². The van der Waals surface area contributed by atoms with Crippen molar-refractivity contribution in [1.82, 2.24) is 4.98 Å². The van der Waals surface area contributed by atoms with E-state index in [2.05, 4.69) is 18.8 Å². The minimum atomic E-state index is 0.652. The van der Waals surface area contributed by atoms with Crippen LogP contribution in [-0.2, 0) is 0 Å². The zero-order valence-corrected chi connectivity index (χ0v) is 9.89. The van der Waals surface area contributed by atoms with E-state index < -0.39 is 0 Å². The van der Waals surface area contributed by atoms with Crippen molar-refractivity contribution >= 4 is 36.8 Å². The van der Waals surface area contributed by atoms with Crippen LogP contribution in [0.1, 0.15) is 31.2 Å². The summed E-state index contributed by atoms with van der Waals surface area (Å²) in [5.74, 6) is 0.652. The van der Waals surface area contributed by atoms with E-state index in [1.165, 1.54) is 36.8 Å². The first-order valence-corrected chi connectivity index (χ1v) is 5.65. The molecule has 1 aromatic heterocycles. The third-order valence-corrected chi connectivity index (χ3v) is 3.84. The number of rotatable bonds is 2. The van der Waals surface area contributed by atoms with E-state index in [1.54, 1.807) is 0 Å². The molecule has 3 heteroatoms. The molecule has 0 aliphatic rings. The molecule has 1 unspecified atom stereocenters. The van der Waals surface area contributed by atoms with Crippen LogP contribution in [0.15, 0.2) is 6.20 Å². The fourth-order valence-corrected chi connectivity index (χ4v) is 2.57. The molecule has 0 aliphatic carbocycles. The Balaban J connectivity index is 2.74. The monoisotopic (exact) mass is 260 g/mol. The normalized spacial score (nSPS) is 13.5. The van der Waals surface area contributed by atoms with E-state index in [9.17, 15) is 0 Å². The number of thiazole rings is 1. The Morgan fingerprint density at radius 1 is 1.80 bits per heavy atom. The fourth-order valence-electron chi connectivity index (χ4n) is 0.690. The first-order chi connectivity index (χ1) is 4.74. The molecule has 0 N–H and O–H groups in total. The van der Waals surface area contributed by atoms with E-state index >= 15 is 0 Å². The van der Waals surface area contributed by atoms with Crippen LogP contribution in [0.2, 0.25) is 0 Å². The van der Waals surface area contributed by atoms with Crippen molar-refractivity contribution in [3.05, 3.63) is 11.2 Å². The Hall–Kier alpha value is 0.429. The second-order valence-electron chi connectivity index (χ2n) is 2.37. The van der Waals surface area contributed by atoms with Gasteiger partial charge in [-0.2, -0.15) is 0 Å². The van der Waals surface area contributed by atoms with Crippen LogP contribution in [0, 0.1) is 0 Å². The number of nitrogens with zero attached hydrogens (tertiary/aromatic N) is 1. The summed E-state index contributed by atoms with van der Waals surface area (Å²) in [4.78, 5) is 4.33. The Kier molecular flexibility index (Phi) is 3.17. The summed E-state index contributed by atoms with van der Waals surface area (Å²) in [5.41, 5.74) is 0. The predicted octanol–water partition coefficient (Wildman–Crippen LogP) is 1.45. The van der Waals surface area contributed by atoms with Crippen LogP contribution in [0.5, 0.6) is 0 Å². The molecule has 1 atom stereocenters. The molecule has 10 heavy (non-hydrogen) atoms. The molecule has 0 aromatic carbocycles. The molecule has 1 nitrogen and oxygen atoms in total. The van der Waals surface area contributed by atoms with Crippen molar-refractivity contribution in [3.63, 3.8) is 0 Å². The van der Waals surface area contributed by atoms with Gasteiger partial charge in [0, 0.05) is 0 Å². The van der Waals surface area contributed by atoms with Crippen LogP contribution in [-0.4, -0.2) is 27.5 Å². The molecule has 0 amide bonds. The molecular weight excluding hydrogens is 249 g/mol. The molecule has 0 saturated carbocycles. The molecule has 0 aliphatic heterocycles. The fraction of sp³-hybridized carbons (Fsp3) is 0.571. The molecule has 0 saturated heterocycles. The molecular formula is C7H10NSSn. The second kappa shape index (κ2) is 3.71. The van der Waals surface area contributed by atoms with Crippen LogP contribution in [0.4, 0.5) is 0 Å². The third-order valence-electron chi connectivity index (χ3n) is 1.56. The number of hydrogen-bond acceptors (Lipinski definition) is 2. The van der Waals surface area contributed by atoms with Gasteiger partial charge in [0.15, 0.2) is 0 Å². The summed E-state index contributed by atoms with van der Waals surface area (Å²) < 4.78 is 1.41. The summed E-state index contributed by atoms with van der Waals surface area (Å²) in [6, 6.07) is 0. The topological polar surface area (TPSA) is 12.9 Å². The maximum absolute atomic E-state index is 4.33. The molecule has 1 aromatic rings. The van der Waals surface area contributed by atoms with Crippen molar-refractivity contribution in [1.29, 1.82) is 0 Å². The molecule has 3 radical (unpaired) electrons. The van der Waals surface area contributed by atoms with Gasteiger partial charge in [0.05, 0.1) is 0 Å². The van der Waals surface area contributed by atoms with Gasteiger partial charge in [-0.1, -0.05) is 0 Å². The van der Waals surface area contributed by atoms with Crippen molar-refractivity contribution < 1.29 is 0 Å². The van der Waals surface area contributed by atoms with Gasteiger partial charge < -0.3 is 0 Å². The minimum absolute atomic E-state index is 0.652. The Bertz CT molecular complexity index is 209. The van der Waals surface area contributed by atoms with E-state index in [4.69, 9.17) is 0 Å². The predicted molar refractivity (Wildman–Crippen MR) is 46.2 cm³/mol. The Morgan fingerprint density at radius 3 is 2.90 bits per heavy atom. The summed E-state index contributed by atoms with van der Waals surface area (Å²) in [6.45, 7) is 4.43. The van der Waals surface area contributed by atoms with Crippen molar-refractivity contribution in [2.24, 2.45) is 0 Å². The van der Waals surface area contributed by atoms with Crippen molar-refractivity contribution in [2.75, 3.05) is 0 Å². The summed E-state index contributed by atoms with van der Waals surface area (Å²) >= 11 is 3.33. The van der Waals surface area contributed by atoms with E-state index in [0.717, 1.165) is 0 Å². The van der Waals surface area contributed by atoms with Gasteiger partial charge in [-0.25, -0.2) is 0 Å². The summed E-state index contributed by atoms with van der Waals surface area (Å²) in [6.07, 6.45) is 3.19. The van der Waals surface area contributed by atoms with E-state index in [-0.39, 0.29) is 0 Å². The molecule has 0 fully saturated rings. The first kappa shape index (κ1) is 8.52. The van der Waals surface area contributed by atoms with Gasteiger partial charge >= 0.3 is 79.1 Å². The van der Waals surface area contributed by atoms with E-state index in [0.29, 0.717) is 5.92 Å². The zero-order valence-electron chi connectivity index (χ0n) is 6.22. The zero-order chi connectivity index (χ0) is 7.56. The first-order valence-electron chi connectivity index (χ1n) is 3.41. The van der Waals surface area contributed by atoms with Crippen molar-refractivity contribution in [3.8, 4) is 0 Å². The average Bonchev–Trinajstić information content (AvgIpc) is 2.34. The van der Waals surface area contributed by atoms with Gasteiger partial charge in [0.2, 0.25) is 0 Å². The van der Waals surface area contributed by atoms with Crippen LogP contribution < -0.4 is 2.89 Å². The number of aromatic nitrogens is 1. The van der Waals surface area contributed by atoms with Crippen molar-refractivity contribution in [2.45, 2.75) is 26.2 Å². The summed E-state index contributed by atoms with van der Waals surface area (Å²) in [5, 5.41) is 1.30. The quantitative estimate of drug-likeness (QED) is 0.732. The van der Waals surface area contributed by atoms with Crippen LogP contribution in [0.25, 0.3) is 0 Å². The Morgan fingerprint density at radius 2 is 2.50 bits per heavy atom. The molecule has 53 valence electrons. The van der Waals surface area contributed by atoms with Gasteiger partial charge in [0.1, 0.15) is 0 Å². The van der Waals surface area contributed by atoms with Gasteiger partial charge in [0.25, 0.3) is 0 Å². The Labute approximate surface area is 79.0 Å². The van der Waals surface area contributed by atoms with Crippen LogP contribution >= 0.6 is 11.3 Å². The second-order valence-corrected chi connectivity index (χ2v) is 6.01. The summed E-state index contributed by atoms with van der Waals surface area (Å²) in [7, 11) is 0. The molecule has 1 heterocycles. The van der Waals surface area contributed by atoms with Gasteiger partial charge in [-0.05, 0) is 0 Å². The average molecular weight is 259 g/mol. The molecule has 1 rings (SSSR count). The van der Waals surface area contributed by atoms with E-state index in [1.807, 2.05) is 17.5 Å². The number of hydrogen-bond donors (Lipinski definition) is 0. The molecule has 0 bridgehead atoms. The third kappa shape index (κ3) is 1.95.